The van der Waals surface area contributed by atoms with Crippen molar-refractivity contribution in [2.75, 3.05) is 0 Å². The van der Waals surface area contributed by atoms with Crippen molar-refractivity contribution in [2.45, 2.75) is 6.82 Å². The first-order valence-corrected chi connectivity index (χ1v) is 1.00. The van der Waals surface area contributed by atoms with Crippen molar-refractivity contribution >= 4 is 25.2 Å². The van der Waals surface area contributed by atoms with Crippen LogP contribution >= 0.6 is 0 Å². The predicted octanol–water partition coefficient (Wildman–Crippen LogP) is -1.52. The van der Waals surface area contributed by atoms with Crippen molar-refractivity contribution in [1.82, 2.24) is 0 Å². The van der Waals surface area contributed by atoms with E-state index < -0.39 is 0 Å². The molecule has 0 radical (unpaired) electrons. The van der Waals surface area contributed by atoms with Crippen LogP contribution in [0.3, 0.4) is 0 Å². The van der Waals surface area contributed by atoms with E-state index in [0.29, 0.717) is 0 Å². The van der Waals surface area contributed by atoms with E-state index in [-0.39, 0.29) is 43.6 Å². The van der Waals surface area contributed by atoms with Crippen LogP contribution in [-0.2, 0) is 26.2 Å². The van der Waals surface area contributed by atoms with Crippen LogP contribution in [0.5, 0.6) is 0 Å². The van der Waals surface area contributed by atoms with Crippen molar-refractivity contribution in [1.29, 1.82) is 0 Å². The van der Waals surface area contributed by atoms with Gasteiger partial charge >= 0.3 is 0 Å². The summed E-state index contributed by atoms with van der Waals surface area (Å²) in [4.78, 5) is 0. The third kappa shape index (κ3) is 9.77. The van der Waals surface area contributed by atoms with Crippen molar-refractivity contribution in [3.05, 3.63) is 0 Å². The third-order valence-corrected chi connectivity index (χ3v) is 0. The maximum absolute atomic E-state index is 2.00. The standard InChI is InChI=1S/CH5B.Al.Zr.3H/c1-2;;;;;/h2H2,1H3;;;;;. The van der Waals surface area contributed by atoms with E-state index in [4.69, 9.17) is 0 Å². The van der Waals surface area contributed by atoms with Crippen molar-refractivity contribution in [3.8, 4) is 0 Å². The minimum Gasteiger partial charge on any atom is -0.0927 e. The number of hydrogen-bond acceptors (Lipinski definition) is 0. The smallest absolute Gasteiger partial charge is 0.0927 e. The van der Waals surface area contributed by atoms with Crippen LogP contribution in [0.4, 0.5) is 0 Å². The molecule has 22 valence electrons. The van der Waals surface area contributed by atoms with Gasteiger partial charge < -0.3 is 0 Å². The Hall–Kier alpha value is 1.48. The molecular weight excluding hydrogens is 141 g/mol. The van der Waals surface area contributed by atoms with E-state index in [1.54, 1.807) is 0 Å². The van der Waals surface area contributed by atoms with Crippen LogP contribution in [0.25, 0.3) is 0 Å². The molecule has 0 fully saturated rings. The summed E-state index contributed by atoms with van der Waals surface area (Å²) in [6, 6.07) is 0. The Kier molecular flexibility index (Phi) is 111. The normalized spacial score (nSPS) is 1.25. The molecule has 0 unspecified atom stereocenters. The van der Waals surface area contributed by atoms with Crippen molar-refractivity contribution in [3.63, 3.8) is 0 Å². The van der Waals surface area contributed by atoms with Gasteiger partial charge in [-0.25, -0.2) is 0 Å². The molecule has 0 N–H and O–H groups in total. The first kappa shape index (κ1) is 17.9. The minimum atomic E-state index is 0. The van der Waals surface area contributed by atoms with E-state index in [1.807, 2.05) is 14.7 Å². The zero-order valence-corrected chi connectivity index (χ0v) is 4.96. The Bertz CT molecular complexity index is 8.00. The summed E-state index contributed by atoms with van der Waals surface area (Å²) in [6.45, 7) is 2.00. The molecule has 0 rings (SSSR count). The van der Waals surface area contributed by atoms with Gasteiger partial charge in [-0.05, 0) is 0 Å². The maximum Gasteiger partial charge on any atom is 0.187 e. The summed E-state index contributed by atoms with van der Waals surface area (Å²) in [5, 5.41) is 0. The van der Waals surface area contributed by atoms with Gasteiger partial charge in [-0.1, -0.05) is 6.82 Å². The second kappa shape index (κ2) is 24.8. The van der Waals surface area contributed by atoms with Crippen LogP contribution in [0.1, 0.15) is 0 Å². The van der Waals surface area contributed by atoms with Gasteiger partial charge in [0.1, 0.15) is 0 Å². The second-order valence-electron chi connectivity index (χ2n) is 0. The van der Waals surface area contributed by atoms with E-state index in [0.717, 1.165) is 0 Å². The van der Waals surface area contributed by atoms with E-state index in [1.165, 1.54) is 0 Å². The number of hydrogen-bond donors (Lipinski definition) is 0. The summed E-state index contributed by atoms with van der Waals surface area (Å²) >= 11 is 0. The Morgan fingerprint density at radius 2 is 1.25 bits per heavy atom. The molecule has 0 saturated heterocycles. The average molecular weight is 149 g/mol. The predicted molar refractivity (Wildman–Crippen MR) is 24.3 cm³/mol. The zero-order valence-electron chi connectivity index (χ0n) is 2.50. The SMILES string of the molecule is BC.[AlH3].[Zr]. The van der Waals surface area contributed by atoms with Crippen LogP contribution in [0.15, 0.2) is 0 Å². The molecule has 0 aliphatic carbocycles. The fourth-order valence-corrected chi connectivity index (χ4v) is 0. The van der Waals surface area contributed by atoms with E-state index in [2.05, 4.69) is 0 Å². The third-order valence-electron chi connectivity index (χ3n) is 0. The Balaban J connectivity index is -0.00000000500. The van der Waals surface area contributed by atoms with E-state index in [9.17, 15) is 0 Å². The number of rotatable bonds is 0. The van der Waals surface area contributed by atoms with Crippen molar-refractivity contribution < 1.29 is 26.2 Å². The molecule has 3 heteroatoms. The fourth-order valence-electron chi connectivity index (χ4n) is 0. The molecule has 0 atom stereocenters. The topological polar surface area (TPSA) is 0 Å². The van der Waals surface area contributed by atoms with Gasteiger partial charge in [-0.3, -0.25) is 0 Å². The monoisotopic (exact) mass is 148 g/mol. The van der Waals surface area contributed by atoms with Crippen LogP contribution in [-0.4, -0.2) is 25.2 Å². The molecule has 0 aromatic rings. The minimum absolute atomic E-state index is 0. The molecule has 0 amide bonds. The van der Waals surface area contributed by atoms with Crippen LogP contribution in [0.2, 0.25) is 6.82 Å². The van der Waals surface area contributed by atoms with Gasteiger partial charge in [0.05, 0.1) is 7.85 Å². The summed E-state index contributed by atoms with van der Waals surface area (Å²) < 4.78 is 0. The largest absolute Gasteiger partial charge is 0.187 e. The molecule has 0 heterocycles. The Labute approximate surface area is 58.0 Å². The molecule has 0 aliphatic rings. The molecule has 0 spiro atoms. The molecule has 0 aromatic heterocycles. The van der Waals surface area contributed by atoms with Gasteiger partial charge in [0.25, 0.3) is 0 Å². The molecule has 0 bridgehead atoms. The first-order valence-electron chi connectivity index (χ1n) is 1.00. The maximum atomic E-state index is 2.00. The van der Waals surface area contributed by atoms with Crippen molar-refractivity contribution in [2.24, 2.45) is 0 Å². The average Bonchev–Trinajstić information content (AvgIpc) is 1.00. The second-order valence-corrected chi connectivity index (χ2v) is 0. The Morgan fingerprint density at radius 1 is 1.25 bits per heavy atom. The summed E-state index contributed by atoms with van der Waals surface area (Å²) in [5.74, 6) is 0. The molecule has 0 saturated carbocycles. The quantitative estimate of drug-likeness (QED) is 0.367. The molecule has 4 heavy (non-hydrogen) atoms. The van der Waals surface area contributed by atoms with Crippen LogP contribution in [0, 0.1) is 0 Å². The zero-order chi connectivity index (χ0) is 2.00. The Morgan fingerprint density at radius 3 is 1.25 bits per heavy atom. The summed E-state index contributed by atoms with van der Waals surface area (Å²) in [7, 11) is 2.00. The molecule has 0 aliphatic heterocycles. The summed E-state index contributed by atoms with van der Waals surface area (Å²) in [5.41, 5.74) is 0. The van der Waals surface area contributed by atoms with Crippen LogP contribution < -0.4 is 0 Å². The fraction of sp³-hybridized carbons (Fsp3) is 1.00. The molecular formula is CH8AlBZr. The van der Waals surface area contributed by atoms with Gasteiger partial charge in [0.15, 0.2) is 17.4 Å². The van der Waals surface area contributed by atoms with Gasteiger partial charge in [0, 0.05) is 26.2 Å². The molecule has 0 nitrogen and oxygen atoms in total. The van der Waals surface area contributed by atoms with E-state index >= 15 is 0 Å². The molecule has 0 aromatic carbocycles. The summed E-state index contributed by atoms with van der Waals surface area (Å²) in [6.07, 6.45) is 0. The van der Waals surface area contributed by atoms with Gasteiger partial charge in [-0.2, -0.15) is 0 Å². The van der Waals surface area contributed by atoms with Gasteiger partial charge in [0.2, 0.25) is 0 Å². The first-order chi connectivity index (χ1) is 1.00. The van der Waals surface area contributed by atoms with Gasteiger partial charge in [-0.15, -0.1) is 0 Å².